The van der Waals surface area contributed by atoms with Gasteiger partial charge in [-0.15, -0.1) is 0 Å². The third kappa shape index (κ3) is 5.78. The molecule has 114 valence electrons. The van der Waals surface area contributed by atoms with Crippen molar-refractivity contribution in [1.82, 2.24) is 5.32 Å². The third-order valence-electron chi connectivity index (χ3n) is 2.80. The zero-order valence-corrected chi connectivity index (χ0v) is 11.9. The van der Waals surface area contributed by atoms with Crippen LogP contribution in [0.4, 0.5) is 13.2 Å². The first-order chi connectivity index (χ1) is 8.56. The molecule has 1 N–H and O–H groups in total. The van der Waals surface area contributed by atoms with Gasteiger partial charge < -0.3 is 14.8 Å². The van der Waals surface area contributed by atoms with Crippen LogP contribution in [-0.2, 0) is 14.3 Å². The Balaban J connectivity index is 4.65. The van der Waals surface area contributed by atoms with Gasteiger partial charge in [-0.25, -0.2) is 0 Å². The van der Waals surface area contributed by atoms with Crippen LogP contribution in [0.2, 0.25) is 0 Å². The van der Waals surface area contributed by atoms with Crippen LogP contribution in [0.25, 0.3) is 0 Å². The monoisotopic (exact) mass is 285 g/mol. The van der Waals surface area contributed by atoms with E-state index >= 15 is 0 Å². The number of rotatable bonds is 7. The Hall–Kier alpha value is -0.820. The number of alkyl halides is 3. The maximum atomic E-state index is 12.4. The molecule has 0 heterocycles. The minimum atomic E-state index is -4.41. The standard InChI is InChI=1S/C12H22F3NO3/c1-6-16-11(4,10(17)18-5)7-8(2)19-9(3)12(13,14)15/h8-9,16H,6-7H2,1-5H3. The van der Waals surface area contributed by atoms with Crippen LogP contribution < -0.4 is 5.32 Å². The van der Waals surface area contributed by atoms with E-state index in [-0.39, 0.29) is 6.42 Å². The van der Waals surface area contributed by atoms with Crippen LogP contribution in [0.1, 0.15) is 34.1 Å². The summed E-state index contributed by atoms with van der Waals surface area (Å²) in [5, 5.41) is 2.92. The average Bonchev–Trinajstić information content (AvgIpc) is 2.26. The number of carbonyl (C=O) groups is 1. The summed E-state index contributed by atoms with van der Waals surface area (Å²) in [5.41, 5.74) is -1.06. The molecule has 0 aromatic rings. The van der Waals surface area contributed by atoms with Gasteiger partial charge in [0.05, 0.1) is 13.2 Å². The number of hydrogen-bond donors (Lipinski definition) is 1. The molecule has 7 heteroatoms. The largest absolute Gasteiger partial charge is 0.468 e. The SMILES string of the molecule is CCNC(C)(CC(C)OC(C)C(F)(F)F)C(=O)OC. The molecule has 0 aliphatic heterocycles. The maximum absolute atomic E-state index is 12.4. The predicted molar refractivity (Wildman–Crippen MR) is 64.8 cm³/mol. The van der Waals surface area contributed by atoms with E-state index in [1.807, 2.05) is 0 Å². The molecule has 0 aromatic heterocycles. The Morgan fingerprint density at radius 2 is 1.84 bits per heavy atom. The predicted octanol–water partition coefficient (Wildman–Crippen LogP) is 2.27. The van der Waals surface area contributed by atoms with Crippen molar-refractivity contribution in [3.05, 3.63) is 0 Å². The van der Waals surface area contributed by atoms with Gasteiger partial charge in [0.1, 0.15) is 5.54 Å². The van der Waals surface area contributed by atoms with E-state index in [0.29, 0.717) is 6.54 Å². The van der Waals surface area contributed by atoms with Gasteiger partial charge in [-0.05, 0) is 27.3 Å². The molecule has 3 unspecified atom stereocenters. The number of likely N-dealkylation sites (N-methyl/N-ethyl adjacent to an activating group) is 1. The van der Waals surface area contributed by atoms with Crippen LogP contribution in [0.3, 0.4) is 0 Å². The van der Waals surface area contributed by atoms with Gasteiger partial charge in [0, 0.05) is 6.42 Å². The summed E-state index contributed by atoms with van der Waals surface area (Å²) in [6.07, 6.45) is -6.92. The Morgan fingerprint density at radius 3 is 2.21 bits per heavy atom. The van der Waals surface area contributed by atoms with Crippen LogP contribution in [0.5, 0.6) is 0 Å². The topological polar surface area (TPSA) is 47.6 Å². The highest BCUT2D eigenvalue weighted by molar-refractivity contribution is 5.80. The van der Waals surface area contributed by atoms with Gasteiger partial charge in [-0.2, -0.15) is 13.2 Å². The highest BCUT2D eigenvalue weighted by Crippen LogP contribution is 2.25. The number of methoxy groups -OCH3 is 1. The van der Waals surface area contributed by atoms with Crippen LogP contribution in [0.15, 0.2) is 0 Å². The third-order valence-corrected chi connectivity index (χ3v) is 2.80. The molecule has 0 spiro atoms. The molecule has 0 bridgehead atoms. The van der Waals surface area contributed by atoms with Crippen LogP contribution in [0, 0.1) is 0 Å². The summed E-state index contributed by atoms with van der Waals surface area (Å²) in [5.74, 6) is -0.524. The van der Waals surface area contributed by atoms with Crippen LogP contribution in [-0.4, -0.2) is 43.5 Å². The lowest BCUT2D eigenvalue weighted by atomic mass is 9.94. The number of esters is 1. The lowest BCUT2D eigenvalue weighted by Crippen LogP contribution is -2.52. The van der Waals surface area contributed by atoms with Crippen molar-refractivity contribution >= 4 is 5.97 Å². The fourth-order valence-electron chi connectivity index (χ4n) is 1.89. The average molecular weight is 285 g/mol. The van der Waals surface area contributed by atoms with Gasteiger partial charge in [-0.1, -0.05) is 6.92 Å². The first-order valence-electron chi connectivity index (χ1n) is 6.12. The van der Waals surface area contributed by atoms with Gasteiger partial charge in [0.15, 0.2) is 6.10 Å². The first kappa shape index (κ1) is 18.2. The molecular formula is C12H22F3NO3. The summed E-state index contributed by atoms with van der Waals surface area (Å²) in [6.45, 7) is 6.32. The molecule has 0 radical (unpaired) electrons. The van der Waals surface area contributed by atoms with Gasteiger partial charge in [-0.3, -0.25) is 4.79 Å². The molecule has 0 fully saturated rings. The molecule has 4 nitrogen and oxygen atoms in total. The van der Waals surface area contributed by atoms with Gasteiger partial charge >= 0.3 is 12.1 Å². The molecule has 3 atom stereocenters. The second-order valence-corrected chi connectivity index (χ2v) is 4.69. The van der Waals surface area contributed by atoms with Crippen molar-refractivity contribution in [3.63, 3.8) is 0 Å². The van der Waals surface area contributed by atoms with Crippen molar-refractivity contribution in [1.29, 1.82) is 0 Å². The number of carbonyl (C=O) groups excluding carboxylic acids is 1. The Morgan fingerprint density at radius 1 is 1.32 bits per heavy atom. The Bertz CT molecular complexity index is 296. The Kier molecular flexibility index (Phi) is 6.79. The van der Waals surface area contributed by atoms with Crippen molar-refractivity contribution < 1.29 is 27.4 Å². The van der Waals surface area contributed by atoms with E-state index in [4.69, 9.17) is 4.74 Å². The van der Waals surface area contributed by atoms with E-state index in [0.717, 1.165) is 6.92 Å². The summed E-state index contributed by atoms with van der Waals surface area (Å²) >= 11 is 0. The van der Waals surface area contributed by atoms with Gasteiger partial charge in [0.25, 0.3) is 0 Å². The highest BCUT2D eigenvalue weighted by Gasteiger charge is 2.40. The van der Waals surface area contributed by atoms with E-state index < -0.39 is 29.9 Å². The molecular weight excluding hydrogens is 263 g/mol. The normalized spacial score (nSPS) is 18.5. The summed E-state index contributed by atoms with van der Waals surface area (Å²) in [4.78, 5) is 11.7. The zero-order chi connectivity index (χ0) is 15.3. The molecule has 0 amide bonds. The quantitative estimate of drug-likeness (QED) is 0.729. The minimum Gasteiger partial charge on any atom is -0.468 e. The minimum absolute atomic E-state index is 0.0912. The number of nitrogens with one attached hydrogen (secondary N) is 1. The van der Waals surface area contributed by atoms with Gasteiger partial charge in [0.2, 0.25) is 0 Å². The van der Waals surface area contributed by atoms with E-state index in [1.54, 1.807) is 13.8 Å². The Labute approximate surface area is 111 Å². The first-order valence-corrected chi connectivity index (χ1v) is 6.12. The second-order valence-electron chi connectivity index (χ2n) is 4.69. The molecule has 0 saturated heterocycles. The van der Waals surface area contributed by atoms with Crippen molar-refractivity contribution in [2.75, 3.05) is 13.7 Å². The lowest BCUT2D eigenvalue weighted by molar-refractivity contribution is -0.226. The highest BCUT2D eigenvalue weighted by atomic mass is 19.4. The molecule has 0 aromatic carbocycles. The van der Waals surface area contributed by atoms with Crippen molar-refractivity contribution in [2.45, 2.75) is 58.0 Å². The number of hydrogen-bond acceptors (Lipinski definition) is 4. The van der Waals surface area contributed by atoms with Crippen LogP contribution >= 0.6 is 0 Å². The number of halogens is 3. The summed E-state index contributed by atoms with van der Waals surface area (Å²) < 4.78 is 46.7. The molecule has 0 rings (SSSR count). The summed E-state index contributed by atoms with van der Waals surface area (Å²) in [6, 6.07) is 0. The van der Waals surface area contributed by atoms with E-state index in [1.165, 1.54) is 14.0 Å². The summed E-state index contributed by atoms with van der Waals surface area (Å²) in [7, 11) is 1.24. The van der Waals surface area contributed by atoms with Crippen molar-refractivity contribution in [2.24, 2.45) is 0 Å². The number of ether oxygens (including phenoxy) is 2. The smallest absolute Gasteiger partial charge is 0.414 e. The van der Waals surface area contributed by atoms with E-state index in [9.17, 15) is 18.0 Å². The molecule has 19 heavy (non-hydrogen) atoms. The fraction of sp³-hybridized carbons (Fsp3) is 0.917. The maximum Gasteiger partial charge on any atom is 0.414 e. The zero-order valence-electron chi connectivity index (χ0n) is 11.9. The van der Waals surface area contributed by atoms with E-state index in [2.05, 4.69) is 10.1 Å². The molecule has 0 saturated carbocycles. The lowest BCUT2D eigenvalue weighted by Gasteiger charge is -2.31. The van der Waals surface area contributed by atoms with Crippen molar-refractivity contribution in [3.8, 4) is 0 Å². The second kappa shape index (κ2) is 7.09. The molecule has 0 aliphatic rings. The molecule has 0 aliphatic carbocycles. The fourth-order valence-corrected chi connectivity index (χ4v) is 1.89.